The van der Waals surface area contributed by atoms with Crippen molar-refractivity contribution >= 4 is 169 Å². The third-order valence-electron chi connectivity index (χ3n) is 4.09. The van der Waals surface area contributed by atoms with Gasteiger partial charge in [-0.1, -0.05) is 23.5 Å². The minimum absolute atomic E-state index is 0.139. The third kappa shape index (κ3) is 39.7. The average Bonchev–Trinajstić information content (AvgIpc) is 3.02. The molecule has 2 N–H and O–H groups in total. The van der Waals surface area contributed by atoms with Crippen LogP contribution < -0.4 is 0 Å². The molecule has 1 atom stereocenters. The number of aliphatic hydroxyl groups is 2. The zero-order chi connectivity index (χ0) is 33.1. The van der Waals surface area contributed by atoms with Crippen molar-refractivity contribution in [2.45, 2.75) is 0 Å². The topological polar surface area (TPSA) is 133 Å². The molecule has 0 aliphatic rings. The van der Waals surface area contributed by atoms with Gasteiger partial charge >= 0.3 is 11.9 Å². The highest BCUT2D eigenvalue weighted by Crippen LogP contribution is 2.24. The molecular weight excluding hydrogens is 833 g/mol. The second-order valence-corrected chi connectivity index (χ2v) is 24.7. The number of hydrogen-bond donors (Lipinski definition) is 2. The summed E-state index contributed by atoms with van der Waals surface area (Å²) >= 11 is 18.8. The lowest BCUT2D eigenvalue weighted by Crippen LogP contribution is -2.11. The maximum atomic E-state index is 12.2. The summed E-state index contributed by atoms with van der Waals surface area (Å²) in [6.45, 7) is 1.05. The van der Waals surface area contributed by atoms with E-state index in [1.54, 1.807) is 118 Å². The fourth-order valence-corrected chi connectivity index (χ4v) is 16.6. The molecule has 21 heteroatoms. The zero-order valence-electron chi connectivity index (χ0n) is 25.0. The van der Waals surface area contributed by atoms with Gasteiger partial charge < -0.3 is 24.2 Å². The fraction of sp³-hybridized carbons (Fsp3) is 0.875. The van der Waals surface area contributed by atoms with Crippen LogP contribution in [0.15, 0.2) is 0 Å². The molecular formula is C24H44O8S13. The summed E-state index contributed by atoms with van der Waals surface area (Å²) < 4.78 is 22.4. The number of rotatable bonds is 35. The summed E-state index contributed by atoms with van der Waals surface area (Å²) in [4.78, 5) is 35.2. The zero-order valence-corrected chi connectivity index (χ0v) is 35.6. The van der Waals surface area contributed by atoms with Crippen LogP contribution in [0.25, 0.3) is 0 Å². The molecule has 0 aromatic heterocycles. The molecule has 0 aliphatic carbocycles. The van der Waals surface area contributed by atoms with Gasteiger partial charge in [0.1, 0.15) is 19.0 Å². The van der Waals surface area contributed by atoms with Gasteiger partial charge in [-0.15, -0.1) is 94.1 Å². The highest BCUT2D eigenvalue weighted by Gasteiger charge is 2.08. The highest BCUT2D eigenvalue weighted by molar-refractivity contribution is 8.30. The van der Waals surface area contributed by atoms with E-state index in [9.17, 15) is 18.9 Å². The molecule has 0 aromatic rings. The first-order chi connectivity index (χ1) is 22.0. The Kier molecular flexibility index (Phi) is 42.5. The molecule has 1 unspecified atom stereocenters. The van der Waals surface area contributed by atoms with Gasteiger partial charge in [0.25, 0.3) is 0 Å². The Morgan fingerprint density at radius 2 is 1.00 bits per heavy atom. The van der Waals surface area contributed by atoms with Gasteiger partial charge in [-0.3, -0.25) is 14.4 Å². The van der Waals surface area contributed by atoms with Crippen molar-refractivity contribution in [3.05, 3.63) is 0 Å². The van der Waals surface area contributed by atoms with E-state index in [-0.39, 0.29) is 30.3 Å². The summed E-state index contributed by atoms with van der Waals surface area (Å²) in [5, 5.41) is 24.1. The summed E-state index contributed by atoms with van der Waals surface area (Å²) in [7, 11) is 0. The Hall–Kier alpha value is 3.04. The number of carbonyl (C=O) groups is 3. The maximum Gasteiger partial charge on any atom is 0.315 e. The molecule has 45 heavy (non-hydrogen) atoms. The predicted octanol–water partition coefficient (Wildman–Crippen LogP) is 5.79. The lowest BCUT2D eigenvalue weighted by Gasteiger charge is -2.10. The predicted molar refractivity (Wildman–Crippen MR) is 223 cm³/mol. The first-order valence-electron chi connectivity index (χ1n) is 13.4. The van der Waals surface area contributed by atoms with E-state index in [0.717, 1.165) is 41.3 Å². The van der Waals surface area contributed by atoms with Gasteiger partial charge in [-0.2, -0.15) is 23.5 Å². The van der Waals surface area contributed by atoms with Gasteiger partial charge in [0.05, 0.1) is 30.5 Å². The molecule has 0 spiro atoms. The number of hydrogen-bond acceptors (Lipinski definition) is 20. The van der Waals surface area contributed by atoms with E-state index < -0.39 is 11.2 Å². The van der Waals surface area contributed by atoms with Crippen molar-refractivity contribution < 1.29 is 38.6 Å². The minimum atomic E-state index is -0.818. The second kappa shape index (κ2) is 39.8. The first kappa shape index (κ1) is 48.0. The molecule has 0 heterocycles. The number of esters is 2. The summed E-state index contributed by atoms with van der Waals surface area (Å²) in [5.41, 5.74) is 0. The molecule has 266 valence electrons. The quantitative estimate of drug-likeness (QED) is 0.0344. The smallest absolute Gasteiger partial charge is 0.315 e. The van der Waals surface area contributed by atoms with Gasteiger partial charge in [0, 0.05) is 64.4 Å². The summed E-state index contributed by atoms with van der Waals surface area (Å²) in [6, 6.07) is 0. The maximum absolute atomic E-state index is 12.2. The second-order valence-electron chi connectivity index (χ2n) is 7.69. The van der Waals surface area contributed by atoms with Gasteiger partial charge in [-0.05, 0) is 11.2 Å². The van der Waals surface area contributed by atoms with Crippen LogP contribution in [0.2, 0.25) is 0 Å². The molecule has 0 aromatic carbocycles. The van der Waals surface area contributed by atoms with Crippen molar-refractivity contribution in [3.63, 3.8) is 0 Å². The summed E-state index contributed by atoms with van der Waals surface area (Å²) in [6.07, 6.45) is 0. The van der Waals surface area contributed by atoms with E-state index in [1.165, 1.54) is 23.5 Å². The van der Waals surface area contributed by atoms with Crippen molar-refractivity contribution in [1.29, 1.82) is 0 Å². The number of carbonyl (C=O) groups excluding carboxylic acids is 3. The Balaban J connectivity index is 3.35. The van der Waals surface area contributed by atoms with E-state index in [4.69, 9.17) is 19.7 Å². The fourth-order valence-electron chi connectivity index (χ4n) is 2.26. The van der Waals surface area contributed by atoms with Crippen LogP contribution in [0.5, 0.6) is 0 Å². The Bertz CT molecular complexity index is 703. The largest absolute Gasteiger partial charge is 0.616 e. The molecule has 0 rings (SSSR count). The van der Waals surface area contributed by atoms with Crippen LogP contribution >= 0.6 is 141 Å². The van der Waals surface area contributed by atoms with Gasteiger partial charge in [-0.25, -0.2) is 0 Å². The molecule has 0 bridgehead atoms. The lowest BCUT2D eigenvalue weighted by atomic mass is 10.8. The first-order valence-corrected chi connectivity index (χ1v) is 28.6. The van der Waals surface area contributed by atoms with E-state index in [2.05, 4.69) is 0 Å². The van der Waals surface area contributed by atoms with Crippen LogP contribution in [0.1, 0.15) is 0 Å². The standard InChI is InChI=1S/C24H44O8S13/c25-1-5-33-7-3-31-22(27)11-36-15-39-14-35-9-10-45(30)21-43-19-41-18-42-20-44-24(29)13-38-17-40-16-37-12-23(28)32-4-8-34-6-2-26/h25-26H,1-21H2. The van der Waals surface area contributed by atoms with Crippen LogP contribution in [0, 0.1) is 0 Å². The monoisotopic (exact) mass is 876 g/mol. The SMILES string of the molecule is O=C(CSCSCSCC[S+]([O-])CSCSCSCSC(=O)CSCSCSCC(=O)OCCSCCO)OCCSCCO. The van der Waals surface area contributed by atoms with Crippen LogP contribution in [0.3, 0.4) is 0 Å². The highest BCUT2D eigenvalue weighted by atomic mass is 32.3. The van der Waals surface area contributed by atoms with Crippen molar-refractivity contribution in [3.8, 4) is 0 Å². The van der Waals surface area contributed by atoms with Gasteiger partial charge in [0.2, 0.25) is 0 Å². The number of thioether (sulfide) groups is 12. The molecule has 0 amide bonds. The minimum Gasteiger partial charge on any atom is -0.616 e. The lowest BCUT2D eigenvalue weighted by molar-refractivity contribution is -0.140. The Morgan fingerprint density at radius 1 is 0.533 bits per heavy atom. The van der Waals surface area contributed by atoms with Crippen molar-refractivity contribution in [2.75, 3.05) is 119 Å². The molecule has 8 nitrogen and oxygen atoms in total. The van der Waals surface area contributed by atoms with E-state index >= 15 is 0 Å². The molecule has 0 fully saturated rings. The molecule has 0 saturated carbocycles. The van der Waals surface area contributed by atoms with Crippen molar-refractivity contribution in [1.82, 2.24) is 0 Å². The number of aliphatic hydroxyl groups excluding tert-OH is 2. The van der Waals surface area contributed by atoms with Crippen molar-refractivity contribution in [2.24, 2.45) is 0 Å². The van der Waals surface area contributed by atoms with E-state index in [1.807, 2.05) is 0 Å². The summed E-state index contributed by atoms with van der Waals surface area (Å²) in [5.74, 6) is 5.07. The Labute approximate surface area is 323 Å². The van der Waals surface area contributed by atoms with Crippen LogP contribution in [0.4, 0.5) is 0 Å². The van der Waals surface area contributed by atoms with E-state index in [0.29, 0.717) is 64.3 Å². The molecule has 0 aliphatic heterocycles. The van der Waals surface area contributed by atoms with Crippen LogP contribution in [-0.2, 0) is 35.0 Å². The molecule has 0 radical (unpaired) electrons. The normalized spacial score (nSPS) is 11.9. The number of ether oxygens (including phenoxy) is 2. The third-order valence-corrected chi connectivity index (χ3v) is 20.2. The molecule has 0 saturated heterocycles. The van der Waals surface area contributed by atoms with Crippen LogP contribution in [-0.4, -0.2) is 151 Å². The van der Waals surface area contributed by atoms with Gasteiger partial charge in [0.15, 0.2) is 10.2 Å². The Morgan fingerprint density at radius 3 is 1.56 bits per heavy atom. The average molecular weight is 877 g/mol.